The molecular weight excluding hydrogens is 682 g/mol. The van der Waals surface area contributed by atoms with Crippen LogP contribution in [0, 0.1) is 17.3 Å². The molecule has 35 heavy (non-hydrogen) atoms. The summed E-state index contributed by atoms with van der Waals surface area (Å²) < 4.78 is 18.3. The molecule has 0 aliphatic carbocycles. The molecule has 0 spiro atoms. The van der Waals surface area contributed by atoms with Crippen LogP contribution in [0.3, 0.4) is 0 Å². The Morgan fingerprint density at radius 1 is 1.09 bits per heavy atom. The van der Waals surface area contributed by atoms with E-state index in [0.717, 1.165) is 24.0 Å². The van der Waals surface area contributed by atoms with E-state index in [4.69, 9.17) is 14.2 Å². The first-order chi connectivity index (χ1) is 16.9. The Labute approximate surface area is 227 Å². The molecule has 2 N–H and O–H groups in total. The van der Waals surface area contributed by atoms with E-state index < -0.39 is 4.92 Å². The minimum absolute atomic E-state index is 0.0392. The molecule has 0 saturated heterocycles. The molecule has 1 aliphatic rings. The molecule has 3 aromatic rings. The fourth-order valence-electron chi connectivity index (χ4n) is 3.07. The highest BCUT2D eigenvalue weighted by atomic mass is 127. The van der Waals surface area contributed by atoms with Crippen molar-refractivity contribution in [1.29, 1.82) is 0 Å². The van der Waals surface area contributed by atoms with Gasteiger partial charge in [-0.05, 0) is 92.7 Å². The standard InChI is InChI=1S/C23H18I2N4O6/c24-18-7-15(8-19(25)23(18)33-12-14-1-4-17(5-2-14)29(31)32)10-27-28-22(30)11-26-16-3-6-20-21(9-16)35-13-34-20/h1-10,26H,11-13H2,(H,28,30)/b27-10-. The van der Waals surface area contributed by atoms with Crippen LogP contribution in [0.5, 0.6) is 17.2 Å². The molecule has 0 atom stereocenters. The summed E-state index contributed by atoms with van der Waals surface area (Å²) >= 11 is 4.34. The first kappa shape index (κ1) is 25.0. The maximum atomic E-state index is 12.1. The van der Waals surface area contributed by atoms with Crippen molar-refractivity contribution >= 4 is 68.7 Å². The number of carbonyl (C=O) groups excluding carboxylic acids is 1. The fourth-order valence-corrected chi connectivity index (χ4v) is 5.20. The van der Waals surface area contributed by atoms with Gasteiger partial charge in [0.2, 0.25) is 6.79 Å². The number of halogens is 2. The van der Waals surface area contributed by atoms with E-state index >= 15 is 0 Å². The zero-order valence-corrected chi connectivity index (χ0v) is 22.3. The van der Waals surface area contributed by atoms with Crippen LogP contribution in [0.2, 0.25) is 0 Å². The number of non-ortho nitro benzene ring substituents is 1. The van der Waals surface area contributed by atoms with Crippen LogP contribution in [0.25, 0.3) is 0 Å². The van der Waals surface area contributed by atoms with Gasteiger partial charge in [-0.3, -0.25) is 14.9 Å². The number of benzene rings is 3. The van der Waals surface area contributed by atoms with E-state index in [0.29, 0.717) is 17.2 Å². The van der Waals surface area contributed by atoms with E-state index in [9.17, 15) is 14.9 Å². The highest BCUT2D eigenvalue weighted by Crippen LogP contribution is 2.34. The maximum absolute atomic E-state index is 12.1. The highest BCUT2D eigenvalue weighted by molar-refractivity contribution is 14.1. The minimum atomic E-state index is -0.435. The van der Waals surface area contributed by atoms with Gasteiger partial charge in [0.05, 0.1) is 24.8 Å². The second kappa shape index (κ2) is 11.5. The highest BCUT2D eigenvalue weighted by Gasteiger charge is 2.13. The van der Waals surface area contributed by atoms with Crippen LogP contribution in [0.1, 0.15) is 11.1 Å². The molecule has 1 amide bonds. The molecule has 0 bridgehead atoms. The van der Waals surface area contributed by atoms with E-state index in [2.05, 4.69) is 61.0 Å². The second-order valence-electron chi connectivity index (χ2n) is 7.24. The van der Waals surface area contributed by atoms with Gasteiger partial charge >= 0.3 is 0 Å². The SMILES string of the molecule is O=C(CNc1ccc2c(c1)OCO2)N/N=C\c1cc(I)c(OCc2ccc([N+](=O)[O-])cc2)c(I)c1. The van der Waals surface area contributed by atoms with E-state index in [-0.39, 0.29) is 31.5 Å². The maximum Gasteiger partial charge on any atom is 0.269 e. The smallest absolute Gasteiger partial charge is 0.269 e. The normalized spacial score (nSPS) is 11.9. The molecule has 0 unspecified atom stereocenters. The van der Waals surface area contributed by atoms with Crippen molar-refractivity contribution in [3.8, 4) is 17.2 Å². The van der Waals surface area contributed by atoms with Crippen LogP contribution in [-0.2, 0) is 11.4 Å². The number of nitrogens with zero attached hydrogens (tertiary/aromatic N) is 2. The number of nitrogens with one attached hydrogen (secondary N) is 2. The van der Waals surface area contributed by atoms with Crippen LogP contribution in [-0.4, -0.2) is 30.4 Å². The molecule has 12 heteroatoms. The van der Waals surface area contributed by atoms with Gasteiger partial charge in [-0.1, -0.05) is 0 Å². The molecule has 0 aromatic heterocycles. The van der Waals surface area contributed by atoms with E-state index in [1.807, 2.05) is 12.1 Å². The Morgan fingerprint density at radius 3 is 2.51 bits per heavy atom. The molecule has 0 fully saturated rings. The number of amides is 1. The van der Waals surface area contributed by atoms with Crippen molar-refractivity contribution in [2.75, 3.05) is 18.7 Å². The predicted octanol–water partition coefficient (Wildman–Crippen LogP) is 4.67. The number of hydrogen-bond acceptors (Lipinski definition) is 8. The lowest BCUT2D eigenvalue weighted by Crippen LogP contribution is -2.25. The third-order valence-corrected chi connectivity index (χ3v) is 6.38. The summed E-state index contributed by atoms with van der Waals surface area (Å²) in [6.45, 7) is 0.518. The lowest BCUT2D eigenvalue weighted by molar-refractivity contribution is -0.384. The number of anilines is 1. The number of carbonyl (C=O) groups is 1. The average molecular weight is 700 g/mol. The van der Waals surface area contributed by atoms with Gasteiger partial charge in [-0.25, -0.2) is 5.43 Å². The molecule has 0 radical (unpaired) electrons. The Hall–Kier alpha value is -3.14. The van der Waals surface area contributed by atoms with Gasteiger partial charge in [0.1, 0.15) is 12.4 Å². The van der Waals surface area contributed by atoms with Crippen molar-refractivity contribution in [3.63, 3.8) is 0 Å². The average Bonchev–Trinajstić information content (AvgIpc) is 3.30. The summed E-state index contributed by atoms with van der Waals surface area (Å²) in [5.74, 6) is 1.72. The third kappa shape index (κ3) is 6.72. The molecule has 0 saturated carbocycles. The summed E-state index contributed by atoms with van der Waals surface area (Å²) in [4.78, 5) is 22.4. The van der Waals surface area contributed by atoms with Crippen molar-refractivity contribution < 1.29 is 23.9 Å². The molecule has 180 valence electrons. The summed E-state index contributed by atoms with van der Waals surface area (Å²) in [5, 5.41) is 17.8. The van der Waals surface area contributed by atoms with Crippen LogP contribution < -0.4 is 25.0 Å². The van der Waals surface area contributed by atoms with Gasteiger partial charge in [0.15, 0.2) is 11.5 Å². The van der Waals surface area contributed by atoms with Gasteiger partial charge in [0, 0.05) is 23.9 Å². The second-order valence-corrected chi connectivity index (χ2v) is 9.57. The van der Waals surface area contributed by atoms with Crippen LogP contribution in [0.15, 0.2) is 59.7 Å². The van der Waals surface area contributed by atoms with Gasteiger partial charge in [-0.2, -0.15) is 5.10 Å². The molecule has 3 aromatic carbocycles. The monoisotopic (exact) mass is 700 g/mol. The fraction of sp³-hybridized carbons (Fsp3) is 0.130. The third-order valence-electron chi connectivity index (χ3n) is 4.78. The number of nitro groups is 1. The van der Waals surface area contributed by atoms with Crippen LogP contribution in [0.4, 0.5) is 11.4 Å². The molecule has 4 rings (SSSR count). The van der Waals surface area contributed by atoms with Gasteiger partial charge in [0.25, 0.3) is 11.6 Å². The molecule has 1 heterocycles. The number of nitro benzene ring substituents is 1. The topological polar surface area (TPSA) is 124 Å². The summed E-state index contributed by atoms with van der Waals surface area (Å²) in [7, 11) is 0. The lowest BCUT2D eigenvalue weighted by Gasteiger charge is -2.11. The summed E-state index contributed by atoms with van der Waals surface area (Å²) in [6.07, 6.45) is 1.56. The Balaban J connectivity index is 1.28. The zero-order valence-electron chi connectivity index (χ0n) is 18.0. The zero-order chi connectivity index (χ0) is 24.8. The summed E-state index contributed by atoms with van der Waals surface area (Å²) in [6, 6.07) is 15.4. The number of ether oxygens (including phenoxy) is 3. The van der Waals surface area contributed by atoms with Crippen LogP contribution >= 0.6 is 45.2 Å². The Bertz CT molecular complexity index is 1260. The molecule has 10 nitrogen and oxygen atoms in total. The number of rotatable bonds is 9. The Kier molecular flexibility index (Phi) is 8.22. The minimum Gasteiger partial charge on any atom is -0.487 e. The van der Waals surface area contributed by atoms with Gasteiger partial charge < -0.3 is 19.5 Å². The Morgan fingerprint density at radius 2 is 1.80 bits per heavy atom. The van der Waals surface area contributed by atoms with Crippen molar-refractivity contribution in [2.24, 2.45) is 5.10 Å². The van der Waals surface area contributed by atoms with E-state index in [1.165, 1.54) is 12.1 Å². The number of hydrazone groups is 1. The summed E-state index contributed by atoms with van der Waals surface area (Å²) in [5.41, 5.74) is 4.89. The quantitative estimate of drug-likeness (QED) is 0.144. The van der Waals surface area contributed by atoms with Crippen molar-refractivity contribution in [3.05, 3.63) is 83.0 Å². The molecular formula is C23H18I2N4O6. The van der Waals surface area contributed by atoms with E-state index in [1.54, 1.807) is 36.5 Å². The number of hydrogen-bond donors (Lipinski definition) is 2. The number of fused-ring (bicyclic) bond motifs is 1. The van der Waals surface area contributed by atoms with Gasteiger partial charge in [-0.15, -0.1) is 0 Å². The van der Waals surface area contributed by atoms with Crippen molar-refractivity contribution in [2.45, 2.75) is 6.61 Å². The first-order valence-electron chi connectivity index (χ1n) is 10.2. The lowest BCUT2D eigenvalue weighted by atomic mass is 10.2. The van der Waals surface area contributed by atoms with Crippen molar-refractivity contribution in [1.82, 2.24) is 5.43 Å². The molecule has 1 aliphatic heterocycles. The largest absolute Gasteiger partial charge is 0.487 e. The predicted molar refractivity (Wildman–Crippen MR) is 146 cm³/mol. The first-order valence-corrected chi connectivity index (χ1v) is 12.4.